The van der Waals surface area contributed by atoms with E-state index < -0.39 is 0 Å². The lowest BCUT2D eigenvalue weighted by Crippen LogP contribution is -2.36. The molecule has 0 unspecified atom stereocenters. The van der Waals surface area contributed by atoms with E-state index >= 15 is 0 Å². The van der Waals surface area contributed by atoms with Crippen molar-refractivity contribution >= 4 is 5.91 Å². The van der Waals surface area contributed by atoms with Crippen LogP contribution in [0.25, 0.3) is 0 Å². The highest BCUT2D eigenvalue weighted by molar-refractivity contribution is 5.78. The van der Waals surface area contributed by atoms with Crippen LogP contribution in [0.15, 0.2) is 48.5 Å². The molecule has 2 aromatic carbocycles. The summed E-state index contributed by atoms with van der Waals surface area (Å²) in [6.45, 7) is 5.06. The Morgan fingerprint density at radius 3 is 2.58 bits per heavy atom. The van der Waals surface area contributed by atoms with E-state index in [0.29, 0.717) is 13.1 Å². The number of carbonyl (C=O) groups is 1. The molecule has 0 heterocycles. The largest absolute Gasteiger partial charge is 0.496 e. The number of methoxy groups -OCH3 is 1. The molecule has 0 radical (unpaired) electrons. The van der Waals surface area contributed by atoms with Gasteiger partial charge >= 0.3 is 0 Å². The van der Waals surface area contributed by atoms with Crippen molar-refractivity contribution in [2.24, 2.45) is 0 Å². The number of rotatable bonds is 7. The number of nitrogens with one attached hydrogen (secondary N) is 1. The van der Waals surface area contributed by atoms with Crippen LogP contribution >= 0.6 is 0 Å². The van der Waals surface area contributed by atoms with E-state index in [1.807, 2.05) is 61.3 Å². The molecule has 1 N–H and O–H groups in total. The first-order valence-corrected chi connectivity index (χ1v) is 8.16. The Labute approximate surface area is 144 Å². The highest BCUT2D eigenvalue weighted by Crippen LogP contribution is 2.21. The number of benzene rings is 2. The molecule has 0 spiro atoms. The van der Waals surface area contributed by atoms with E-state index in [4.69, 9.17) is 4.74 Å². The molecule has 0 saturated carbocycles. The summed E-state index contributed by atoms with van der Waals surface area (Å²) in [7, 11) is 3.61. The summed E-state index contributed by atoms with van der Waals surface area (Å²) in [5, 5.41) is 3.04. The predicted octanol–water partition coefficient (Wildman–Crippen LogP) is 3.31. The van der Waals surface area contributed by atoms with Gasteiger partial charge in [-0.1, -0.05) is 48.0 Å². The van der Waals surface area contributed by atoms with Crippen molar-refractivity contribution in [3.8, 4) is 5.75 Å². The molecule has 0 fully saturated rings. The minimum Gasteiger partial charge on any atom is -0.496 e. The average Bonchev–Trinajstić information content (AvgIpc) is 2.55. The van der Waals surface area contributed by atoms with Gasteiger partial charge in [-0.15, -0.1) is 0 Å². The van der Waals surface area contributed by atoms with Crippen molar-refractivity contribution in [2.45, 2.75) is 26.4 Å². The van der Waals surface area contributed by atoms with Crippen molar-refractivity contribution in [2.75, 3.05) is 20.7 Å². The van der Waals surface area contributed by atoms with Crippen LogP contribution in [0.5, 0.6) is 5.75 Å². The number of hydrogen-bond acceptors (Lipinski definition) is 3. The van der Waals surface area contributed by atoms with Crippen molar-refractivity contribution < 1.29 is 9.53 Å². The second-order valence-corrected chi connectivity index (χ2v) is 6.19. The zero-order valence-electron chi connectivity index (χ0n) is 14.9. The molecule has 2 aromatic rings. The molecule has 1 amide bonds. The van der Waals surface area contributed by atoms with Crippen LogP contribution in [0.2, 0.25) is 0 Å². The van der Waals surface area contributed by atoms with Crippen molar-refractivity contribution in [1.82, 2.24) is 10.2 Å². The quantitative estimate of drug-likeness (QED) is 0.849. The number of hydrogen-bond donors (Lipinski definition) is 1. The zero-order chi connectivity index (χ0) is 17.5. The number of likely N-dealkylation sites (N-methyl/N-ethyl adjacent to an activating group) is 1. The van der Waals surface area contributed by atoms with E-state index in [1.54, 1.807) is 7.11 Å². The molecule has 0 aromatic heterocycles. The molecule has 0 saturated heterocycles. The van der Waals surface area contributed by atoms with E-state index in [1.165, 1.54) is 5.56 Å². The standard InChI is InChI=1S/C20H26N2O2/c1-15-10-11-19(24-4)18(12-15)13-22(3)14-20(23)21-16(2)17-8-6-5-7-9-17/h5-12,16H,13-14H2,1-4H3,(H,21,23)/t16-/m0/s1. The Kier molecular flexibility index (Phi) is 6.38. The van der Waals surface area contributed by atoms with Crippen molar-refractivity contribution in [3.05, 3.63) is 65.2 Å². The van der Waals surface area contributed by atoms with E-state index in [2.05, 4.69) is 18.3 Å². The summed E-state index contributed by atoms with van der Waals surface area (Å²) in [6, 6.07) is 16.1. The van der Waals surface area contributed by atoms with Gasteiger partial charge in [-0.25, -0.2) is 0 Å². The van der Waals surface area contributed by atoms with Gasteiger partial charge in [0.1, 0.15) is 5.75 Å². The summed E-state index contributed by atoms with van der Waals surface area (Å²) in [6.07, 6.45) is 0. The predicted molar refractivity (Wildman–Crippen MR) is 97.1 cm³/mol. The third kappa shape index (κ3) is 5.10. The molecule has 128 valence electrons. The first-order chi connectivity index (χ1) is 11.5. The van der Waals surface area contributed by atoms with Gasteiger partial charge < -0.3 is 10.1 Å². The number of amides is 1. The third-order valence-electron chi connectivity index (χ3n) is 3.97. The van der Waals surface area contributed by atoms with Crippen LogP contribution in [0.4, 0.5) is 0 Å². The van der Waals surface area contributed by atoms with Gasteiger partial charge in [0.05, 0.1) is 19.7 Å². The van der Waals surface area contributed by atoms with E-state index in [9.17, 15) is 4.79 Å². The Morgan fingerprint density at radius 1 is 1.21 bits per heavy atom. The lowest BCUT2D eigenvalue weighted by Gasteiger charge is -2.20. The maximum atomic E-state index is 12.3. The molecule has 0 aliphatic rings. The molecule has 4 nitrogen and oxygen atoms in total. The molecular formula is C20H26N2O2. The number of nitrogens with zero attached hydrogens (tertiary/aromatic N) is 1. The van der Waals surface area contributed by atoms with Gasteiger partial charge in [-0.2, -0.15) is 0 Å². The minimum absolute atomic E-state index is 0.000561. The van der Waals surface area contributed by atoms with Gasteiger partial charge in [0.15, 0.2) is 0 Å². The Bertz CT molecular complexity index is 671. The summed E-state index contributed by atoms with van der Waals surface area (Å²) < 4.78 is 5.40. The minimum atomic E-state index is 0.000561. The molecule has 24 heavy (non-hydrogen) atoms. The van der Waals surface area contributed by atoms with Crippen LogP contribution in [0.1, 0.15) is 29.7 Å². The van der Waals surface area contributed by atoms with E-state index in [0.717, 1.165) is 16.9 Å². The normalized spacial score (nSPS) is 12.0. The molecule has 2 rings (SSSR count). The molecule has 0 aliphatic carbocycles. The van der Waals surface area contributed by atoms with Crippen LogP contribution in [0, 0.1) is 6.92 Å². The summed E-state index contributed by atoms with van der Waals surface area (Å²) in [5.41, 5.74) is 3.37. The van der Waals surface area contributed by atoms with Crippen LogP contribution in [0.3, 0.4) is 0 Å². The monoisotopic (exact) mass is 326 g/mol. The van der Waals surface area contributed by atoms with Crippen molar-refractivity contribution in [1.29, 1.82) is 0 Å². The highest BCUT2D eigenvalue weighted by Gasteiger charge is 2.13. The Balaban J connectivity index is 1.91. The maximum absolute atomic E-state index is 12.3. The fourth-order valence-corrected chi connectivity index (χ4v) is 2.73. The van der Waals surface area contributed by atoms with Crippen LogP contribution in [-0.4, -0.2) is 31.5 Å². The fraction of sp³-hybridized carbons (Fsp3) is 0.350. The van der Waals surface area contributed by atoms with E-state index in [-0.39, 0.29) is 11.9 Å². The van der Waals surface area contributed by atoms with Gasteiger partial charge in [0.2, 0.25) is 5.91 Å². The van der Waals surface area contributed by atoms with Crippen molar-refractivity contribution in [3.63, 3.8) is 0 Å². The average molecular weight is 326 g/mol. The Hall–Kier alpha value is -2.33. The fourth-order valence-electron chi connectivity index (χ4n) is 2.73. The van der Waals surface area contributed by atoms with Gasteiger partial charge in [0, 0.05) is 12.1 Å². The van der Waals surface area contributed by atoms with Crippen LogP contribution in [-0.2, 0) is 11.3 Å². The number of carbonyl (C=O) groups excluding carboxylic acids is 1. The second-order valence-electron chi connectivity index (χ2n) is 6.19. The van der Waals surface area contributed by atoms with Gasteiger partial charge in [-0.05, 0) is 32.5 Å². The number of aryl methyl sites for hydroxylation is 1. The SMILES string of the molecule is COc1ccc(C)cc1CN(C)CC(=O)N[C@@H](C)c1ccccc1. The first kappa shape index (κ1) is 18.0. The number of ether oxygens (including phenoxy) is 1. The zero-order valence-corrected chi connectivity index (χ0v) is 14.9. The maximum Gasteiger partial charge on any atom is 0.234 e. The molecule has 1 atom stereocenters. The third-order valence-corrected chi connectivity index (χ3v) is 3.97. The lowest BCUT2D eigenvalue weighted by molar-refractivity contribution is -0.122. The second kappa shape index (κ2) is 8.50. The molecular weight excluding hydrogens is 300 g/mol. The summed E-state index contributed by atoms with van der Waals surface area (Å²) >= 11 is 0. The van der Waals surface area contributed by atoms with Gasteiger partial charge in [0.25, 0.3) is 0 Å². The highest BCUT2D eigenvalue weighted by atomic mass is 16.5. The van der Waals surface area contributed by atoms with Gasteiger partial charge in [-0.3, -0.25) is 9.69 Å². The topological polar surface area (TPSA) is 41.6 Å². The molecule has 4 heteroatoms. The molecule has 0 aliphatic heterocycles. The van der Waals surface area contributed by atoms with Crippen LogP contribution < -0.4 is 10.1 Å². The smallest absolute Gasteiger partial charge is 0.234 e. The molecule has 0 bridgehead atoms. The summed E-state index contributed by atoms with van der Waals surface area (Å²) in [5.74, 6) is 0.867. The summed E-state index contributed by atoms with van der Waals surface area (Å²) in [4.78, 5) is 14.3. The Morgan fingerprint density at radius 2 is 1.92 bits per heavy atom. The first-order valence-electron chi connectivity index (χ1n) is 8.16. The lowest BCUT2D eigenvalue weighted by atomic mass is 10.1.